The number of carbonyl (C=O) groups excluding carboxylic acids is 1. The average molecular weight is 298 g/mol. The Morgan fingerprint density at radius 3 is 2.68 bits per heavy atom. The number of carbonyl (C=O) groups is 1. The van der Waals surface area contributed by atoms with Gasteiger partial charge in [-0.2, -0.15) is 5.26 Å². The topological polar surface area (TPSA) is 50.1 Å². The van der Waals surface area contributed by atoms with E-state index in [0.29, 0.717) is 22.0 Å². The largest absolute Gasteiger partial charge is 0.367 e. The van der Waals surface area contributed by atoms with Crippen LogP contribution in [-0.4, -0.2) is 18.0 Å². The van der Waals surface area contributed by atoms with Crippen LogP contribution in [0.3, 0.4) is 0 Å². The van der Waals surface area contributed by atoms with E-state index in [-0.39, 0.29) is 11.9 Å². The maximum absolute atomic E-state index is 12.3. The molecule has 0 amide bonds. The smallest absolute Gasteiger partial charge is 0.183 e. The Morgan fingerprint density at radius 1 is 1.42 bits per heavy atom. The molecular formula is C14H13Cl2NO2. The Labute approximate surface area is 122 Å². The summed E-state index contributed by atoms with van der Waals surface area (Å²) in [4.78, 5) is 12.3. The lowest BCUT2D eigenvalue weighted by Crippen LogP contribution is -2.26. The van der Waals surface area contributed by atoms with Gasteiger partial charge >= 0.3 is 0 Å². The Bertz CT molecular complexity index is 539. The zero-order valence-electron chi connectivity index (χ0n) is 10.4. The second-order valence-electron chi connectivity index (χ2n) is 4.65. The van der Waals surface area contributed by atoms with Crippen molar-refractivity contribution < 1.29 is 9.53 Å². The van der Waals surface area contributed by atoms with Gasteiger partial charge in [-0.05, 0) is 37.5 Å². The zero-order valence-corrected chi connectivity index (χ0v) is 11.9. The van der Waals surface area contributed by atoms with Gasteiger partial charge in [-0.15, -0.1) is 0 Å². The summed E-state index contributed by atoms with van der Waals surface area (Å²) in [7, 11) is 0. The first-order chi connectivity index (χ1) is 9.02. The first kappa shape index (κ1) is 14.3. The van der Waals surface area contributed by atoms with Gasteiger partial charge in [0.1, 0.15) is 12.0 Å². The molecule has 0 aliphatic carbocycles. The number of Topliss-reactive ketones (excluding diaryl/α,β-unsaturated/α-hetero) is 1. The molecule has 19 heavy (non-hydrogen) atoms. The lowest BCUT2D eigenvalue weighted by atomic mass is 9.92. The summed E-state index contributed by atoms with van der Waals surface area (Å²) in [6, 6.07) is 6.83. The maximum atomic E-state index is 12.3. The highest BCUT2D eigenvalue weighted by Crippen LogP contribution is 2.30. The van der Waals surface area contributed by atoms with Crippen LogP contribution in [-0.2, 0) is 9.53 Å². The van der Waals surface area contributed by atoms with E-state index in [9.17, 15) is 10.1 Å². The molecule has 0 bridgehead atoms. The average Bonchev–Trinajstić information content (AvgIpc) is 2.81. The minimum atomic E-state index is -0.856. The molecule has 2 rings (SSSR count). The van der Waals surface area contributed by atoms with Crippen molar-refractivity contribution in [2.24, 2.45) is 0 Å². The molecule has 1 heterocycles. The first-order valence-corrected chi connectivity index (χ1v) is 6.82. The molecule has 3 atom stereocenters. The molecule has 100 valence electrons. The number of benzene rings is 1. The van der Waals surface area contributed by atoms with Crippen LogP contribution in [0.1, 0.15) is 31.2 Å². The van der Waals surface area contributed by atoms with Crippen molar-refractivity contribution >= 4 is 29.0 Å². The van der Waals surface area contributed by atoms with Gasteiger partial charge in [0, 0.05) is 0 Å². The molecule has 0 saturated carbocycles. The van der Waals surface area contributed by atoms with Crippen molar-refractivity contribution in [2.45, 2.75) is 37.9 Å². The monoisotopic (exact) mass is 297 g/mol. The van der Waals surface area contributed by atoms with Crippen LogP contribution in [0.25, 0.3) is 0 Å². The Kier molecular flexibility index (Phi) is 4.46. The first-order valence-electron chi connectivity index (χ1n) is 6.06. The molecule has 1 aromatic carbocycles. The number of hydrogen-bond acceptors (Lipinski definition) is 3. The summed E-state index contributed by atoms with van der Waals surface area (Å²) < 4.78 is 5.52. The second kappa shape index (κ2) is 5.92. The minimum absolute atomic E-state index is 0.0714. The third-order valence-electron chi connectivity index (χ3n) is 3.24. The lowest BCUT2D eigenvalue weighted by molar-refractivity contribution is -0.129. The predicted molar refractivity (Wildman–Crippen MR) is 73.4 cm³/mol. The number of nitriles is 1. The van der Waals surface area contributed by atoms with E-state index in [1.54, 1.807) is 18.2 Å². The summed E-state index contributed by atoms with van der Waals surface area (Å²) in [5, 5.41) is 9.98. The predicted octanol–water partition coefficient (Wildman–Crippen LogP) is 3.74. The van der Waals surface area contributed by atoms with E-state index < -0.39 is 12.0 Å². The van der Waals surface area contributed by atoms with E-state index in [4.69, 9.17) is 27.9 Å². The van der Waals surface area contributed by atoms with Gasteiger partial charge in [0.15, 0.2) is 5.78 Å². The Hall–Kier alpha value is -1.08. The SMILES string of the molecule is CC1CCC(C(=O)C(C#N)c2ccc(Cl)c(Cl)c2)O1. The lowest BCUT2D eigenvalue weighted by Gasteiger charge is -2.14. The number of hydrogen-bond donors (Lipinski definition) is 0. The highest BCUT2D eigenvalue weighted by molar-refractivity contribution is 6.42. The van der Waals surface area contributed by atoms with E-state index in [1.165, 1.54) is 0 Å². The van der Waals surface area contributed by atoms with Crippen molar-refractivity contribution in [3.63, 3.8) is 0 Å². The van der Waals surface area contributed by atoms with Gasteiger partial charge in [-0.1, -0.05) is 29.3 Å². The van der Waals surface area contributed by atoms with Crippen LogP contribution in [0.5, 0.6) is 0 Å². The number of halogens is 2. The highest BCUT2D eigenvalue weighted by Gasteiger charge is 2.34. The van der Waals surface area contributed by atoms with Crippen LogP contribution >= 0.6 is 23.2 Å². The molecule has 0 aromatic heterocycles. The standard InChI is InChI=1S/C14H13Cl2NO2/c1-8-2-5-13(19-8)14(18)10(7-17)9-3-4-11(15)12(16)6-9/h3-4,6,8,10,13H,2,5H2,1H3. The Balaban J connectivity index is 2.22. The summed E-state index contributed by atoms with van der Waals surface area (Å²) in [6.45, 7) is 1.92. The maximum Gasteiger partial charge on any atom is 0.183 e. The van der Waals surface area contributed by atoms with Crippen molar-refractivity contribution in [2.75, 3.05) is 0 Å². The van der Waals surface area contributed by atoms with E-state index in [2.05, 4.69) is 0 Å². The molecule has 0 spiro atoms. The molecule has 1 saturated heterocycles. The summed E-state index contributed by atoms with van der Waals surface area (Å²) in [5.41, 5.74) is 0.560. The number of rotatable bonds is 3. The summed E-state index contributed by atoms with van der Waals surface area (Å²) >= 11 is 11.7. The number of ketones is 1. The highest BCUT2D eigenvalue weighted by atomic mass is 35.5. The molecule has 3 unspecified atom stereocenters. The van der Waals surface area contributed by atoms with E-state index >= 15 is 0 Å². The Morgan fingerprint density at radius 2 is 2.16 bits per heavy atom. The molecular weight excluding hydrogens is 285 g/mol. The van der Waals surface area contributed by atoms with Crippen LogP contribution < -0.4 is 0 Å². The van der Waals surface area contributed by atoms with Gasteiger partial charge in [-0.25, -0.2) is 0 Å². The van der Waals surface area contributed by atoms with Crippen LogP contribution in [0.15, 0.2) is 18.2 Å². The minimum Gasteiger partial charge on any atom is -0.367 e. The molecule has 0 N–H and O–H groups in total. The second-order valence-corrected chi connectivity index (χ2v) is 5.47. The number of ether oxygens (including phenoxy) is 1. The molecule has 3 nitrogen and oxygen atoms in total. The third-order valence-corrected chi connectivity index (χ3v) is 3.98. The van der Waals surface area contributed by atoms with Gasteiger partial charge in [-0.3, -0.25) is 4.79 Å². The van der Waals surface area contributed by atoms with Crippen LogP contribution in [0.2, 0.25) is 10.0 Å². The van der Waals surface area contributed by atoms with Crippen LogP contribution in [0.4, 0.5) is 0 Å². The normalized spacial score (nSPS) is 23.9. The van der Waals surface area contributed by atoms with E-state index in [0.717, 1.165) is 6.42 Å². The molecule has 1 aromatic rings. The van der Waals surface area contributed by atoms with Crippen LogP contribution in [0, 0.1) is 11.3 Å². The van der Waals surface area contributed by atoms with Gasteiger partial charge in [0.25, 0.3) is 0 Å². The van der Waals surface area contributed by atoms with Crippen molar-refractivity contribution in [1.29, 1.82) is 5.26 Å². The van der Waals surface area contributed by atoms with Crippen molar-refractivity contribution in [3.05, 3.63) is 33.8 Å². The fourth-order valence-electron chi connectivity index (χ4n) is 2.19. The molecule has 5 heteroatoms. The van der Waals surface area contributed by atoms with E-state index in [1.807, 2.05) is 13.0 Å². The zero-order chi connectivity index (χ0) is 14.0. The van der Waals surface area contributed by atoms with Gasteiger partial charge < -0.3 is 4.74 Å². The molecule has 1 fully saturated rings. The number of nitrogens with zero attached hydrogens (tertiary/aromatic N) is 1. The van der Waals surface area contributed by atoms with Gasteiger partial charge in [0.05, 0.1) is 22.2 Å². The fourth-order valence-corrected chi connectivity index (χ4v) is 2.50. The van der Waals surface area contributed by atoms with Crippen molar-refractivity contribution in [3.8, 4) is 6.07 Å². The third kappa shape index (κ3) is 3.09. The fraction of sp³-hybridized carbons (Fsp3) is 0.429. The van der Waals surface area contributed by atoms with Crippen molar-refractivity contribution in [1.82, 2.24) is 0 Å². The molecule has 0 radical (unpaired) electrons. The molecule has 1 aliphatic heterocycles. The quantitative estimate of drug-likeness (QED) is 0.854. The molecule has 1 aliphatic rings. The summed E-state index contributed by atoms with van der Waals surface area (Å²) in [6.07, 6.45) is 1.09. The van der Waals surface area contributed by atoms with Gasteiger partial charge in [0.2, 0.25) is 0 Å². The summed E-state index contributed by atoms with van der Waals surface area (Å²) in [5.74, 6) is -1.06.